The number of rotatable bonds is 3. The van der Waals surface area contributed by atoms with Crippen LogP contribution in [0.25, 0.3) is 11.3 Å². The van der Waals surface area contributed by atoms with E-state index < -0.39 is 0 Å². The van der Waals surface area contributed by atoms with Crippen molar-refractivity contribution in [2.45, 2.75) is 6.42 Å². The number of aromatic nitrogens is 2. The molecule has 1 aliphatic heterocycles. The largest absolute Gasteiger partial charge is 0.493 e. The number of hydrogen-bond donors (Lipinski definition) is 0. The Balaban J connectivity index is 1.70. The van der Waals surface area contributed by atoms with E-state index in [0.29, 0.717) is 12.2 Å². The number of carbonyl (C=O) groups is 1. The molecule has 1 amide bonds. The van der Waals surface area contributed by atoms with Crippen molar-refractivity contribution in [3.63, 3.8) is 0 Å². The lowest BCUT2D eigenvalue weighted by atomic mass is 10.1. The molecule has 126 valence electrons. The molecule has 0 bridgehead atoms. The summed E-state index contributed by atoms with van der Waals surface area (Å²) in [5.74, 6) is 0.835. The van der Waals surface area contributed by atoms with Crippen LogP contribution < -0.4 is 9.64 Å². The molecule has 3 aromatic rings. The normalized spacial score (nSPS) is 12.6. The summed E-state index contributed by atoms with van der Waals surface area (Å²) in [6, 6.07) is 15.7. The van der Waals surface area contributed by atoms with E-state index in [1.54, 1.807) is 22.8 Å². The Kier molecular flexibility index (Phi) is 3.76. The van der Waals surface area contributed by atoms with E-state index in [4.69, 9.17) is 4.74 Å². The molecular weight excluding hydrogens is 314 g/mol. The molecule has 0 saturated heterocycles. The minimum absolute atomic E-state index is 0.0779. The highest BCUT2D eigenvalue weighted by atomic mass is 16.5. The van der Waals surface area contributed by atoms with Crippen LogP contribution in [0.4, 0.5) is 5.69 Å². The van der Waals surface area contributed by atoms with E-state index in [2.05, 4.69) is 5.10 Å². The number of ether oxygens (including phenoxy) is 1. The first-order chi connectivity index (χ1) is 12.1. The van der Waals surface area contributed by atoms with Gasteiger partial charge in [0.2, 0.25) is 0 Å². The summed E-state index contributed by atoms with van der Waals surface area (Å²) < 4.78 is 7.28. The van der Waals surface area contributed by atoms with Crippen molar-refractivity contribution in [1.82, 2.24) is 9.78 Å². The summed E-state index contributed by atoms with van der Waals surface area (Å²) in [7, 11) is 3.65. The molecule has 0 fully saturated rings. The van der Waals surface area contributed by atoms with Gasteiger partial charge in [0.25, 0.3) is 5.91 Å². The monoisotopic (exact) mass is 333 g/mol. The molecule has 0 unspecified atom stereocenters. The predicted molar refractivity (Wildman–Crippen MR) is 97.0 cm³/mol. The zero-order valence-electron chi connectivity index (χ0n) is 14.3. The molecule has 2 aromatic carbocycles. The molecule has 5 nitrogen and oxygen atoms in total. The molecule has 25 heavy (non-hydrogen) atoms. The zero-order valence-corrected chi connectivity index (χ0v) is 14.3. The van der Waals surface area contributed by atoms with Crippen LogP contribution in [-0.2, 0) is 13.5 Å². The van der Waals surface area contributed by atoms with Crippen molar-refractivity contribution < 1.29 is 9.53 Å². The van der Waals surface area contributed by atoms with Gasteiger partial charge >= 0.3 is 0 Å². The lowest BCUT2D eigenvalue weighted by molar-refractivity contribution is 0.0993. The first-order valence-electron chi connectivity index (χ1n) is 8.26. The van der Waals surface area contributed by atoms with Crippen LogP contribution in [0.15, 0.2) is 54.7 Å². The lowest BCUT2D eigenvalue weighted by Crippen LogP contribution is -2.26. The minimum Gasteiger partial charge on any atom is -0.493 e. The smallest absolute Gasteiger partial charge is 0.261 e. The van der Waals surface area contributed by atoms with Gasteiger partial charge in [0.05, 0.1) is 24.1 Å². The third-order valence-corrected chi connectivity index (χ3v) is 4.58. The Bertz CT molecular complexity index is 931. The molecule has 0 atom stereocenters. The highest BCUT2D eigenvalue weighted by molar-refractivity contribution is 6.09. The standard InChI is InChI=1S/C20H19N3O2/c1-22(16-8-9-18-15(12-16)10-11-25-18)20(24)17-13-21-23(2)19(17)14-6-4-3-5-7-14/h3-9,12-13H,10-11H2,1-2H3. The third kappa shape index (κ3) is 2.67. The molecule has 0 aliphatic carbocycles. The van der Waals surface area contributed by atoms with Gasteiger partial charge in [-0.1, -0.05) is 30.3 Å². The molecule has 0 saturated carbocycles. The fraction of sp³-hybridized carbons (Fsp3) is 0.200. The van der Waals surface area contributed by atoms with Gasteiger partial charge in [0, 0.05) is 31.8 Å². The van der Waals surface area contributed by atoms with Crippen LogP contribution in [0, 0.1) is 0 Å². The van der Waals surface area contributed by atoms with Crippen LogP contribution in [0.5, 0.6) is 5.75 Å². The Morgan fingerprint density at radius 3 is 2.80 bits per heavy atom. The summed E-state index contributed by atoms with van der Waals surface area (Å²) in [5.41, 5.74) is 4.39. The number of hydrogen-bond acceptors (Lipinski definition) is 3. The van der Waals surface area contributed by atoms with Gasteiger partial charge in [-0.2, -0.15) is 5.10 Å². The maximum Gasteiger partial charge on any atom is 0.261 e. The fourth-order valence-corrected chi connectivity index (χ4v) is 3.21. The van der Waals surface area contributed by atoms with E-state index in [0.717, 1.165) is 34.7 Å². The Hall–Kier alpha value is -3.08. The van der Waals surface area contributed by atoms with E-state index in [1.165, 1.54) is 0 Å². The van der Waals surface area contributed by atoms with E-state index in [9.17, 15) is 4.79 Å². The van der Waals surface area contributed by atoms with Crippen LogP contribution >= 0.6 is 0 Å². The Morgan fingerprint density at radius 2 is 2.00 bits per heavy atom. The van der Waals surface area contributed by atoms with E-state index in [1.807, 2.05) is 55.6 Å². The zero-order chi connectivity index (χ0) is 17.4. The molecule has 1 aromatic heterocycles. The second-order valence-corrected chi connectivity index (χ2v) is 6.15. The highest BCUT2D eigenvalue weighted by Crippen LogP contribution is 2.31. The summed E-state index contributed by atoms with van der Waals surface area (Å²) in [5, 5.41) is 4.30. The maximum atomic E-state index is 13.1. The van der Waals surface area contributed by atoms with Crippen molar-refractivity contribution in [3.05, 3.63) is 65.9 Å². The minimum atomic E-state index is -0.0779. The SMILES string of the molecule is CN(C(=O)c1cnn(C)c1-c1ccccc1)c1ccc2c(c1)CCO2. The van der Waals surface area contributed by atoms with Gasteiger partial charge in [0.1, 0.15) is 5.75 Å². The number of benzene rings is 2. The van der Waals surface area contributed by atoms with Crippen molar-refractivity contribution in [1.29, 1.82) is 0 Å². The second kappa shape index (κ2) is 6.09. The number of fused-ring (bicyclic) bond motifs is 1. The average molecular weight is 333 g/mol. The number of amides is 1. The molecule has 0 spiro atoms. The summed E-state index contributed by atoms with van der Waals surface area (Å²) in [4.78, 5) is 14.8. The average Bonchev–Trinajstić information content (AvgIpc) is 3.26. The molecular formula is C20H19N3O2. The summed E-state index contributed by atoms with van der Waals surface area (Å²) >= 11 is 0. The van der Waals surface area contributed by atoms with Gasteiger partial charge in [0.15, 0.2) is 0 Å². The molecule has 0 radical (unpaired) electrons. The third-order valence-electron chi connectivity index (χ3n) is 4.58. The quantitative estimate of drug-likeness (QED) is 0.739. The first kappa shape index (κ1) is 15.4. The summed E-state index contributed by atoms with van der Waals surface area (Å²) in [6.45, 7) is 0.706. The molecule has 2 heterocycles. The number of aryl methyl sites for hydroxylation is 1. The first-order valence-corrected chi connectivity index (χ1v) is 8.26. The molecule has 1 aliphatic rings. The summed E-state index contributed by atoms with van der Waals surface area (Å²) in [6.07, 6.45) is 2.52. The number of carbonyl (C=O) groups excluding carboxylic acids is 1. The molecule has 4 rings (SSSR count). The van der Waals surface area contributed by atoms with Gasteiger partial charge in [-0.05, 0) is 23.8 Å². The van der Waals surface area contributed by atoms with Gasteiger partial charge in [-0.15, -0.1) is 0 Å². The topological polar surface area (TPSA) is 47.4 Å². The van der Waals surface area contributed by atoms with Gasteiger partial charge in [-0.3, -0.25) is 9.48 Å². The Morgan fingerprint density at radius 1 is 1.20 bits per heavy atom. The molecule has 5 heteroatoms. The van der Waals surface area contributed by atoms with Crippen LogP contribution in [0.2, 0.25) is 0 Å². The van der Waals surface area contributed by atoms with Crippen LogP contribution in [0.1, 0.15) is 15.9 Å². The van der Waals surface area contributed by atoms with E-state index >= 15 is 0 Å². The van der Waals surface area contributed by atoms with Gasteiger partial charge < -0.3 is 9.64 Å². The lowest BCUT2D eigenvalue weighted by Gasteiger charge is -2.18. The van der Waals surface area contributed by atoms with Crippen molar-refractivity contribution in [2.75, 3.05) is 18.6 Å². The van der Waals surface area contributed by atoms with Gasteiger partial charge in [-0.25, -0.2) is 0 Å². The van der Waals surface area contributed by atoms with Crippen LogP contribution in [0.3, 0.4) is 0 Å². The number of anilines is 1. The van der Waals surface area contributed by atoms with Crippen LogP contribution in [-0.4, -0.2) is 29.3 Å². The van der Waals surface area contributed by atoms with Crippen molar-refractivity contribution >= 4 is 11.6 Å². The van der Waals surface area contributed by atoms with E-state index in [-0.39, 0.29) is 5.91 Å². The van der Waals surface area contributed by atoms with Crippen molar-refractivity contribution in [3.8, 4) is 17.0 Å². The Labute approximate surface area is 146 Å². The van der Waals surface area contributed by atoms with Crippen molar-refractivity contribution in [2.24, 2.45) is 7.05 Å². The molecule has 0 N–H and O–H groups in total. The second-order valence-electron chi connectivity index (χ2n) is 6.15. The predicted octanol–water partition coefficient (Wildman–Crippen LogP) is 3.30. The highest BCUT2D eigenvalue weighted by Gasteiger charge is 2.23. The fourth-order valence-electron chi connectivity index (χ4n) is 3.21. The number of nitrogens with zero attached hydrogens (tertiary/aromatic N) is 3. The maximum absolute atomic E-state index is 13.1.